The van der Waals surface area contributed by atoms with Crippen LogP contribution < -0.4 is 10.3 Å². The maximum atomic E-state index is 15.0. The first-order valence-corrected chi connectivity index (χ1v) is 8.40. The first-order chi connectivity index (χ1) is 12.5. The number of aromatic nitrogens is 1. The zero-order valence-electron chi connectivity index (χ0n) is 14.2. The molecule has 1 saturated carbocycles. The molecule has 6 heteroatoms. The third-order valence-electron chi connectivity index (χ3n) is 4.77. The van der Waals surface area contributed by atoms with Gasteiger partial charge >= 0.3 is 0 Å². The molecular weight excluding hydrogens is 337 g/mol. The van der Waals surface area contributed by atoms with E-state index in [1.165, 1.54) is 31.4 Å². The number of phenols is 1. The molecule has 0 aliphatic heterocycles. The van der Waals surface area contributed by atoms with Crippen molar-refractivity contribution in [2.45, 2.75) is 25.5 Å². The van der Waals surface area contributed by atoms with Crippen molar-refractivity contribution in [2.75, 3.05) is 7.11 Å². The van der Waals surface area contributed by atoms with Crippen LogP contribution in [0.3, 0.4) is 0 Å². The Bertz CT molecular complexity index is 1050. The quantitative estimate of drug-likeness (QED) is 0.753. The van der Waals surface area contributed by atoms with Crippen molar-refractivity contribution in [3.8, 4) is 22.6 Å². The van der Waals surface area contributed by atoms with Crippen LogP contribution in [0.2, 0.25) is 0 Å². The fraction of sp³-hybridized carbons (Fsp3) is 0.250. The van der Waals surface area contributed by atoms with Crippen molar-refractivity contribution in [1.29, 1.82) is 0 Å². The minimum Gasteiger partial charge on any atom is -0.508 e. The highest BCUT2D eigenvalue weighted by Gasteiger charge is 2.30. The second-order valence-electron chi connectivity index (χ2n) is 6.48. The summed E-state index contributed by atoms with van der Waals surface area (Å²) in [5.41, 5.74) is 1.39. The minimum absolute atomic E-state index is 0.0600. The number of halogens is 1. The van der Waals surface area contributed by atoms with Gasteiger partial charge in [-0.15, -0.1) is 0 Å². The van der Waals surface area contributed by atoms with E-state index in [9.17, 15) is 15.0 Å². The van der Waals surface area contributed by atoms with Crippen molar-refractivity contribution in [2.24, 2.45) is 0 Å². The molecule has 26 heavy (non-hydrogen) atoms. The van der Waals surface area contributed by atoms with E-state index >= 15 is 4.39 Å². The lowest BCUT2D eigenvalue weighted by molar-refractivity contribution is 0.283. The number of rotatable bonds is 4. The maximum Gasteiger partial charge on any atom is 0.251 e. The Balaban J connectivity index is 2.14. The van der Waals surface area contributed by atoms with Crippen LogP contribution in [-0.2, 0) is 6.61 Å². The summed E-state index contributed by atoms with van der Waals surface area (Å²) in [6, 6.07) is 8.89. The van der Waals surface area contributed by atoms with Gasteiger partial charge in [-0.25, -0.2) is 4.39 Å². The number of methoxy groups -OCH3 is 1. The third-order valence-corrected chi connectivity index (χ3v) is 4.77. The van der Waals surface area contributed by atoms with Crippen molar-refractivity contribution in [3.63, 3.8) is 0 Å². The Morgan fingerprint density at radius 2 is 1.92 bits per heavy atom. The molecule has 4 rings (SSSR count). The Morgan fingerprint density at radius 3 is 2.50 bits per heavy atom. The van der Waals surface area contributed by atoms with Crippen molar-refractivity contribution < 1.29 is 19.3 Å². The monoisotopic (exact) mass is 355 g/mol. The topological polar surface area (TPSA) is 71.7 Å². The lowest BCUT2D eigenvalue weighted by Gasteiger charge is -2.19. The molecule has 1 aliphatic rings. The average Bonchev–Trinajstić information content (AvgIpc) is 3.46. The largest absolute Gasteiger partial charge is 0.508 e. The van der Waals surface area contributed by atoms with E-state index in [1.807, 2.05) is 0 Å². The normalized spacial score (nSPS) is 14.0. The Labute approximate surface area is 148 Å². The fourth-order valence-corrected chi connectivity index (χ4v) is 3.43. The molecule has 5 nitrogen and oxygen atoms in total. The van der Waals surface area contributed by atoms with Crippen molar-refractivity contribution >= 4 is 10.9 Å². The lowest BCUT2D eigenvalue weighted by atomic mass is 9.98. The van der Waals surface area contributed by atoms with Crippen LogP contribution in [-0.4, -0.2) is 21.9 Å². The second-order valence-corrected chi connectivity index (χ2v) is 6.48. The van der Waals surface area contributed by atoms with Crippen LogP contribution in [0, 0.1) is 5.82 Å². The molecule has 1 heterocycles. The molecule has 0 bridgehead atoms. The lowest BCUT2D eigenvalue weighted by Crippen LogP contribution is -2.20. The van der Waals surface area contributed by atoms with Gasteiger partial charge in [0, 0.05) is 17.5 Å². The Hall–Kier alpha value is -2.86. The van der Waals surface area contributed by atoms with Crippen LogP contribution in [0.5, 0.6) is 11.5 Å². The number of nitrogens with zero attached hydrogens (tertiary/aromatic N) is 1. The Morgan fingerprint density at radius 1 is 1.23 bits per heavy atom. The van der Waals surface area contributed by atoms with Gasteiger partial charge in [-0.3, -0.25) is 4.79 Å². The predicted octanol–water partition coefficient (Wildman–Crippen LogP) is 3.35. The summed E-state index contributed by atoms with van der Waals surface area (Å²) in [5, 5.41) is 19.6. The van der Waals surface area contributed by atoms with E-state index in [1.54, 1.807) is 16.7 Å². The summed E-state index contributed by atoms with van der Waals surface area (Å²) >= 11 is 0. The number of hydrogen-bond acceptors (Lipinski definition) is 4. The number of aliphatic hydroxyl groups excluding tert-OH is 1. The van der Waals surface area contributed by atoms with Crippen LogP contribution >= 0.6 is 0 Å². The van der Waals surface area contributed by atoms with E-state index < -0.39 is 5.82 Å². The van der Waals surface area contributed by atoms with Gasteiger partial charge in [-0.05, 0) is 42.2 Å². The molecular formula is C20H18FNO4. The first-order valence-electron chi connectivity index (χ1n) is 8.40. The van der Waals surface area contributed by atoms with Gasteiger partial charge in [0.05, 0.1) is 24.8 Å². The number of ether oxygens (including phenoxy) is 1. The molecule has 0 saturated heterocycles. The number of aromatic hydroxyl groups is 1. The molecule has 1 aliphatic carbocycles. The van der Waals surface area contributed by atoms with Gasteiger partial charge in [-0.2, -0.15) is 0 Å². The SMILES string of the molecule is COc1c(-c2ccc(O)cc2)c(F)cc2c(CO)cc(=O)n(C3CC3)c12. The zero-order valence-corrected chi connectivity index (χ0v) is 14.2. The highest BCUT2D eigenvalue weighted by Crippen LogP contribution is 2.44. The van der Waals surface area contributed by atoms with Crippen LogP contribution in [0.15, 0.2) is 41.2 Å². The van der Waals surface area contributed by atoms with Gasteiger partial charge in [-0.1, -0.05) is 12.1 Å². The highest BCUT2D eigenvalue weighted by molar-refractivity contribution is 5.95. The standard InChI is InChI=1S/C20H18FNO4/c1-26-20-18(11-2-6-14(24)7-3-11)16(21)9-15-12(10-23)8-17(25)22(19(15)20)13-4-5-13/h2-3,6-9,13,23-24H,4-5,10H2,1H3. The number of pyridine rings is 1. The molecule has 134 valence electrons. The smallest absolute Gasteiger partial charge is 0.251 e. The van der Waals surface area contributed by atoms with E-state index in [2.05, 4.69) is 0 Å². The van der Waals surface area contributed by atoms with E-state index in [-0.39, 0.29) is 35.3 Å². The second kappa shape index (κ2) is 6.14. The number of phenolic OH excluding ortho intramolecular Hbond substituents is 1. The van der Waals surface area contributed by atoms with Gasteiger partial charge in [0.1, 0.15) is 11.6 Å². The number of fused-ring (bicyclic) bond motifs is 1. The zero-order chi connectivity index (χ0) is 18.4. The van der Waals surface area contributed by atoms with E-state index in [4.69, 9.17) is 4.74 Å². The summed E-state index contributed by atoms with van der Waals surface area (Å²) in [6.45, 7) is -0.363. The first kappa shape index (κ1) is 16.6. The highest BCUT2D eigenvalue weighted by atomic mass is 19.1. The van der Waals surface area contributed by atoms with Crippen LogP contribution in [0.1, 0.15) is 24.4 Å². The molecule has 1 aromatic heterocycles. The molecule has 2 aromatic carbocycles. The molecule has 3 aromatic rings. The number of aliphatic hydroxyl groups is 1. The van der Waals surface area contributed by atoms with Gasteiger partial charge in [0.25, 0.3) is 5.56 Å². The summed E-state index contributed by atoms with van der Waals surface area (Å²) in [5.74, 6) is -0.188. The van der Waals surface area contributed by atoms with Crippen molar-refractivity contribution in [1.82, 2.24) is 4.57 Å². The van der Waals surface area contributed by atoms with Gasteiger partial charge in [0.2, 0.25) is 0 Å². The van der Waals surface area contributed by atoms with Crippen LogP contribution in [0.25, 0.3) is 22.0 Å². The van der Waals surface area contributed by atoms with E-state index in [0.29, 0.717) is 22.0 Å². The maximum absolute atomic E-state index is 15.0. The molecule has 2 N–H and O–H groups in total. The van der Waals surface area contributed by atoms with E-state index in [0.717, 1.165) is 12.8 Å². The molecule has 0 spiro atoms. The summed E-state index contributed by atoms with van der Waals surface area (Å²) in [4.78, 5) is 12.6. The minimum atomic E-state index is -0.518. The molecule has 0 radical (unpaired) electrons. The summed E-state index contributed by atoms with van der Waals surface area (Å²) < 4.78 is 22.2. The third kappa shape index (κ3) is 2.54. The average molecular weight is 355 g/mol. The van der Waals surface area contributed by atoms with Crippen molar-refractivity contribution in [3.05, 3.63) is 58.1 Å². The molecule has 0 amide bonds. The summed E-state index contributed by atoms with van der Waals surface area (Å²) in [6.07, 6.45) is 1.76. The molecule has 0 unspecified atom stereocenters. The fourth-order valence-electron chi connectivity index (χ4n) is 3.43. The van der Waals surface area contributed by atoms with Crippen LogP contribution in [0.4, 0.5) is 4.39 Å². The molecule has 1 fully saturated rings. The Kier molecular flexibility index (Phi) is 3.92. The number of hydrogen-bond donors (Lipinski definition) is 2. The van der Waals surface area contributed by atoms with Gasteiger partial charge in [0.15, 0.2) is 5.75 Å². The number of benzene rings is 2. The summed E-state index contributed by atoms with van der Waals surface area (Å²) in [7, 11) is 1.44. The molecule has 0 atom stereocenters. The predicted molar refractivity (Wildman–Crippen MR) is 96.0 cm³/mol. The van der Waals surface area contributed by atoms with Gasteiger partial charge < -0.3 is 19.5 Å².